The van der Waals surface area contributed by atoms with Crippen LogP contribution in [0.4, 0.5) is 0 Å². The number of fused-ring (bicyclic) bond motifs is 1. The summed E-state index contributed by atoms with van der Waals surface area (Å²) in [6, 6.07) is 6.12. The highest BCUT2D eigenvalue weighted by Gasteiger charge is 2.36. The lowest BCUT2D eigenvalue weighted by Crippen LogP contribution is -2.29. The Hall–Kier alpha value is -1.74. The Kier molecular flexibility index (Phi) is 2.51. The lowest BCUT2D eigenvalue weighted by molar-refractivity contribution is 0.174. The van der Waals surface area contributed by atoms with E-state index in [1.54, 1.807) is 6.07 Å². The molecule has 0 atom stereocenters. The largest absolute Gasteiger partial charge is 0.454 e. The molecule has 0 unspecified atom stereocenters. The Morgan fingerprint density at radius 1 is 1.29 bits per heavy atom. The Morgan fingerprint density at radius 3 is 2.59 bits per heavy atom. The van der Waals surface area contributed by atoms with Gasteiger partial charge in [0.05, 0.1) is 11.0 Å². The van der Waals surface area contributed by atoms with Crippen LogP contribution in [0.5, 0.6) is 11.5 Å². The maximum absolute atomic E-state index is 12.2. The van der Waals surface area contributed by atoms with Crippen molar-refractivity contribution in [3.8, 4) is 17.6 Å². The first-order valence-electron chi connectivity index (χ1n) is 4.94. The maximum atomic E-state index is 12.2. The molecule has 0 spiro atoms. The van der Waals surface area contributed by atoms with Crippen molar-refractivity contribution < 1.29 is 17.9 Å². The zero-order valence-corrected chi connectivity index (χ0v) is 10.2. The zero-order chi connectivity index (χ0) is 12.7. The first kappa shape index (κ1) is 11.7. The molecular weight excluding hydrogens is 242 g/mol. The molecule has 0 aromatic heterocycles. The number of benzene rings is 1. The van der Waals surface area contributed by atoms with E-state index in [2.05, 4.69) is 0 Å². The van der Waals surface area contributed by atoms with E-state index in [0.29, 0.717) is 11.5 Å². The third-order valence-electron chi connectivity index (χ3n) is 2.60. The minimum absolute atomic E-state index is 0.0632. The molecule has 17 heavy (non-hydrogen) atoms. The molecule has 6 heteroatoms. The van der Waals surface area contributed by atoms with Crippen LogP contribution in [-0.2, 0) is 9.84 Å². The van der Waals surface area contributed by atoms with E-state index in [9.17, 15) is 8.42 Å². The fourth-order valence-electron chi connectivity index (χ4n) is 1.40. The van der Waals surface area contributed by atoms with Crippen LogP contribution in [0.3, 0.4) is 0 Å². The van der Waals surface area contributed by atoms with Gasteiger partial charge in [-0.25, -0.2) is 8.42 Å². The quantitative estimate of drug-likeness (QED) is 0.798. The SMILES string of the molecule is CC(C)(C#N)S(=O)(=O)c1ccc2c(c1)OCO2. The molecule has 0 amide bonds. The summed E-state index contributed by atoms with van der Waals surface area (Å²) in [5, 5.41) is 8.90. The highest BCUT2D eigenvalue weighted by molar-refractivity contribution is 7.93. The van der Waals surface area contributed by atoms with Crippen molar-refractivity contribution in [1.82, 2.24) is 0 Å². The standard InChI is InChI=1S/C11H11NO4S/c1-11(2,6-12)17(13,14)8-3-4-9-10(5-8)16-7-15-9/h3-5H,7H2,1-2H3. The van der Waals surface area contributed by atoms with Gasteiger partial charge in [0.25, 0.3) is 0 Å². The van der Waals surface area contributed by atoms with Gasteiger partial charge in [-0.2, -0.15) is 5.26 Å². The van der Waals surface area contributed by atoms with Gasteiger partial charge < -0.3 is 9.47 Å². The summed E-state index contributed by atoms with van der Waals surface area (Å²) in [5.41, 5.74) is 0. The molecule has 5 nitrogen and oxygen atoms in total. The second kappa shape index (κ2) is 3.64. The molecule has 0 saturated heterocycles. The van der Waals surface area contributed by atoms with Gasteiger partial charge in [-0.1, -0.05) is 0 Å². The fourth-order valence-corrected chi connectivity index (χ4v) is 2.62. The van der Waals surface area contributed by atoms with E-state index in [1.807, 2.05) is 0 Å². The van der Waals surface area contributed by atoms with Crippen molar-refractivity contribution in [3.63, 3.8) is 0 Å². The monoisotopic (exact) mass is 253 g/mol. The fraction of sp³-hybridized carbons (Fsp3) is 0.364. The number of hydrogen-bond donors (Lipinski definition) is 0. The molecule has 1 aromatic rings. The van der Waals surface area contributed by atoms with Crippen LogP contribution in [-0.4, -0.2) is 20.0 Å². The van der Waals surface area contributed by atoms with Crippen molar-refractivity contribution in [2.45, 2.75) is 23.5 Å². The molecule has 0 radical (unpaired) electrons. The summed E-state index contributed by atoms with van der Waals surface area (Å²) in [5.74, 6) is 0.901. The number of hydrogen-bond acceptors (Lipinski definition) is 5. The third-order valence-corrected chi connectivity index (χ3v) is 4.90. The molecule has 0 fully saturated rings. The molecule has 0 aliphatic carbocycles. The van der Waals surface area contributed by atoms with Gasteiger partial charge in [-0.15, -0.1) is 0 Å². The molecule has 1 heterocycles. The molecule has 1 aliphatic heterocycles. The van der Waals surface area contributed by atoms with E-state index in [0.717, 1.165) is 0 Å². The normalized spacial score (nSPS) is 14.4. The van der Waals surface area contributed by atoms with Crippen LogP contribution in [0.15, 0.2) is 23.1 Å². The topological polar surface area (TPSA) is 76.4 Å². The van der Waals surface area contributed by atoms with Crippen LogP contribution in [0.1, 0.15) is 13.8 Å². The zero-order valence-electron chi connectivity index (χ0n) is 9.43. The number of rotatable bonds is 2. The maximum Gasteiger partial charge on any atom is 0.231 e. The summed E-state index contributed by atoms with van der Waals surface area (Å²) in [6.07, 6.45) is 0. The summed E-state index contributed by atoms with van der Waals surface area (Å²) < 4.78 is 33.1. The number of nitrogens with zero attached hydrogens (tertiary/aromatic N) is 1. The average Bonchev–Trinajstić information content (AvgIpc) is 2.75. The molecule has 0 saturated carbocycles. The van der Waals surface area contributed by atoms with Crippen molar-refractivity contribution >= 4 is 9.84 Å². The van der Waals surface area contributed by atoms with Gasteiger partial charge >= 0.3 is 0 Å². The van der Waals surface area contributed by atoms with Gasteiger partial charge in [0.1, 0.15) is 0 Å². The lowest BCUT2D eigenvalue weighted by atomic mass is 10.2. The third kappa shape index (κ3) is 1.72. The van der Waals surface area contributed by atoms with Gasteiger partial charge in [0.15, 0.2) is 26.1 Å². The average molecular weight is 253 g/mol. The van der Waals surface area contributed by atoms with Crippen molar-refractivity contribution in [1.29, 1.82) is 5.26 Å². The van der Waals surface area contributed by atoms with E-state index in [-0.39, 0.29) is 11.7 Å². The van der Waals surface area contributed by atoms with Crippen molar-refractivity contribution in [2.75, 3.05) is 6.79 Å². The number of sulfone groups is 1. The minimum Gasteiger partial charge on any atom is -0.454 e. The Morgan fingerprint density at radius 2 is 1.94 bits per heavy atom. The molecule has 0 bridgehead atoms. The van der Waals surface area contributed by atoms with Crippen LogP contribution in [0, 0.1) is 11.3 Å². The molecule has 90 valence electrons. The van der Waals surface area contributed by atoms with E-state index in [1.165, 1.54) is 32.0 Å². The first-order chi connectivity index (χ1) is 7.88. The van der Waals surface area contributed by atoms with E-state index in [4.69, 9.17) is 14.7 Å². The summed E-state index contributed by atoms with van der Waals surface area (Å²) >= 11 is 0. The first-order valence-corrected chi connectivity index (χ1v) is 6.42. The lowest BCUT2D eigenvalue weighted by Gasteiger charge is -2.16. The molecular formula is C11H11NO4S. The molecule has 1 aromatic carbocycles. The predicted molar refractivity (Wildman–Crippen MR) is 59.4 cm³/mol. The Bertz CT molecular complexity index is 598. The molecule has 2 rings (SSSR count). The molecule has 1 aliphatic rings. The second-order valence-corrected chi connectivity index (χ2v) is 6.64. The van der Waals surface area contributed by atoms with Crippen LogP contribution >= 0.6 is 0 Å². The Balaban J connectivity index is 2.53. The highest BCUT2D eigenvalue weighted by atomic mass is 32.2. The molecule has 0 N–H and O–H groups in total. The summed E-state index contributed by atoms with van der Waals surface area (Å²) in [6.45, 7) is 2.82. The summed E-state index contributed by atoms with van der Waals surface area (Å²) in [7, 11) is -3.71. The minimum atomic E-state index is -3.71. The van der Waals surface area contributed by atoms with E-state index >= 15 is 0 Å². The number of ether oxygens (including phenoxy) is 2. The van der Waals surface area contributed by atoms with Crippen molar-refractivity contribution in [3.05, 3.63) is 18.2 Å². The smallest absolute Gasteiger partial charge is 0.231 e. The van der Waals surface area contributed by atoms with Crippen LogP contribution in [0.2, 0.25) is 0 Å². The van der Waals surface area contributed by atoms with Gasteiger partial charge in [0.2, 0.25) is 6.79 Å². The highest BCUT2D eigenvalue weighted by Crippen LogP contribution is 2.36. The predicted octanol–water partition coefficient (Wildman–Crippen LogP) is 1.49. The van der Waals surface area contributed by atoms with Crippen LogP contribution in [0.25, 0.3) is 0 Å². The Labute approximate surface area is 99.5 Å². The van der Waals surface area contributed by atoms with Gasteiger partial charge in [-0.05, 0) is 26.0 Å². The van der Waals surface area contributed by atoms with Gasteiger partial charge in [-0.3, -0.25) is 0 Å². The second-order valence-electron chi connectivity index (χ2n) is 4.14. The van der Waals surface area contributed by atoms with Crippen molar-refractivity contribution in [2.24, 2.45) is 0 Å². The number of nitriles is 1. The van der Waals surface area contributed by atoms with Gasteiger partial charge in [0, 0.05) is 6.07 Å². The van der Waals surface area contributed by atoms with E-state index < -0.39 is 14.6 Å². The summed E-state index contributed by atoms with van der Waals surface area (Å²) in [4.78, 5) is 0.0632. The van der Waals surface area contributed by atoms with Crippen LogP contribution < -0.4 is 9.47 Å².